The van der Waals surface area contributed by atoms with Gasteiger partial charge in [0, 0.05) is 5.57 Å². The first kappa shape index (κ1) is 18.4. The number of aromatic nitrogens is 2. The molecule has 7 nitrogen and oxygen atoms in total. The van der Waals surface area contributed by atoms with Crippen molar-refractivity contribution in [3.05, 3.63) is 51.7 Å². The maximum Gasteiger partial charge on any atom is 0.251 e. The number of Topliss-reactive ketones (excluding diaryl/α,β-unsaturated/α-hetero) is 1. The monoisotopic (exact) mass is 411 g/mol. The first-order chi connectivity index (χ1) is 12.3. The molecule has 3 rings (SSSR count). The fourth-order valence-electron chi connectivity index (χ4n) is 2.15. The summed E-state index contributed by atoms with van der Waals surface area (Å²) in [6.07, 6.45) is 3.14. The van der Waals surface area contributed by atoms with Gasteiger partial charge in [0.05, 0.1) is 38.8 Å². The summed E-state index contributed by atoms with van der Waals surface area (Å²) >= 11 is 18.1. The van der Waals surface area contributed by atoms with E-state index < -0.39 is 5.91 Å². The van der Waals surface area contributed by atoms with Crippen molar-refractivity contribution in [1.29, 1.82) is 0 Å². The minimum absolute atomic E-state index is 0.0212. The molecule has 10 heteroatoms. The van der Waals surface area contributed by atoms with Gasteiger partial charge in [0.2, 0.25) is 5.78 Å². The molecule has 1 amide bonds. The van der Waals surface area contributed by atoms with Gasteiger partial charge in [0.1, 0.15) is 6.54 Å². The van der Waals surface area contributed by atoms with Crippen LogP contribution in [0.5, 0.6) is 0 Å². The third-order valence-electron chi connectivity index (χ3n) is 3.50. The third-order valence-corrected chi connectivity index (χ3v) is 4.53. The number of carbonyl (C=O) groups excluding carboxylic acids is 2. The summed E-state index contributed by atoms with van der Waals surface area (Å²) in [5, 5.41) is 13.2. The summed E-state index contributed by atoms with van der Waals surface area (Å²) in [5.41, 5.74) is 1.35. The summed E-state index contributed by atoms with van der Waals surface area (Å²) in [4.78, 5) is 23.7. The molecular formula is C16H12Cl3N5O2. The van der Waals surface area contributed by atoms with Gasteiger partial charge in [-0.1, -0.05) is 41.4 Å². The normalized spacial score (nSPS) is 13.8. The SMILES string of the molecule is C=C(C)C(=O)NC1=NN(c2cnn(-c3cc(Cl)c(Cl)cc3Cl)c2)CC1=O. The number of rotatable bonds is 3. The molecule has 0 fully saturated rings. The Balaban J connectivity index is 1.86. The van der Waals surface area contributed by atoms with Gasteiger partial charge in [0.15, 0.2) is 5.84 Å². The van der Waals surface area contributed by atoms with Crippen LogP contribution in [0.3, 0.4) is 0 Å². The number of hydrogen-bond donors (Lipinski definition) is 1. The minimum Gasteiger partial charge on any atom is -0.302 e. The topological polar surface area (TPSA) is 79.6 Å². The number of ketones is 1. The molecule has 0 unspecified atom stereocenters. The fourth-order valence-corrected chi connectivity index (χ4v) is 2.77. The van der Waals surface area contributed by atoms with E-state index in [9.17, 15) is 9.59 Å². The second-order valence-corrected chi connectivity index (χ2v) is 6.75. The molecule has 0 bridgehead atoms. The summed E-state index contributed by atoms with van der Waals surface area (Å²) in [5.74, 6) is -0.824. The van der Waals surface area contributed by atoms with Crippen LogP contribution in [0, 0.1) is 0 Å². The van der Waals surface area contributed by atoms with Crippen LogP contribution in [0.1, 0.15) is 6.92 Å². The number of carbonyl (C=O) groups is 2. The number of nitrogens with one attached hydrogen (secondary N) is 1. The lowest BCUT2D eigenvalue weighted by atomic mass is 10.3. The Labute approximate surface area is 163 Å². The van der Waals surface area contributed by atoms with Gasteiger partial charge in [-0.25, -0.2) is 4.68 Å². The van der Waals surface area contributed by atoms with E-state index in [1.54, 1.807) is 12.3 Å². The second-order valence-electron chi connectivity index (χ2n) is 5.52. The molecule has 0 radical (unpaired) electrons. The number of hydrazone groups is 1. The molecule has 2 aromatic rings. The van der Waals surface area contributed by atoms with Crippen LogP contribution in [0.4, 0.5) is 5.69 Å². The highest BCUT2D eigenvalue weighted by Crippen LogP contribution is 2.31. The lowest BCUT2D eigenvalue weighted by Crippen LogP contribution is -2.35. The molecule has 1 aliphatic rings. The molecule has 0 saturated heterocycles. The molecule has 1 aromatic heterocycles. The summed E-state index contributed by atoms with van der Waals surface area (Å²) in [7, 11) is 0. The maximum atomic E-state index is 12.0. The van der Waals surface area contributed by atoms with E-state index in [-0.39, 0.29) is 23.7 Å². The fraction of sp³-hybridized carbons (Fsp3) is 0.125. The zero-order chi connectivity index (χ0) is 19.0. The number of anilines is 1. The molecule has 2 heterocycles. The van der Waals surface area contributed by atoms with Crippen molar-refractivity contribution in [3.63, 3.8) is 0 Å². The molecule has 0 aliphatic carbocycles. The van der Waals surface area contributed by atoms with E-state index in [0.717, 1.165) is 0 Å². The Kier molecular flexibility index (Phi) is 5.04. The van der Waals surface area contributed by atoms with Crippen LogP contribution >= 0.6 is 34.8 Å². The number of amidine groups is 1. The number of halogens is 3. The van der Waals surface area contributed by atoms with E-state index in [0.29, 0.717) is 26.4 Å². The van der Waals surface area contributed by atoms with Crippen LogP contribution in [0.25, 0.3) is 5.69 Å². The highest BCUT2D eigenvalue weighted by atomic mass is 35.5. The number of hydrogen-bond acceptors (Lipinski definition) is 5. The third kappa shape index (κ3) is 3.60. The van der Waals surface area contributed by atoms with Crippen molar-refractivity contribution in [1.82, 2.24) is 15.1 Å². The van der Waals surface area contributed by atoms with E-state index in [4.69, 9.17) is 34.8 Å². The first-order valence-electron chi connectivity index (χ1n) is 7.32. The average molecular weight is 413 g/mol. The lowest BCUT2D eigenvalue weighted by molar-refractivity contribution is -0.117. The highest BCUT2D eigenvalue weighted by Gasteiger charge is 2.27. The average Bonchev–Trinajstić information content (AvgIpc) is 3.18. The van der Waals surface area contributed by atoms with Crippen LogP contribution in [-0.4, -0.2) is 33.9 Å². The predicted molar refractivity (Wildman–Crippen MR) is 101 cm³/mol. The maximum absolute atomic E-state index is 12.0. The molecular weight excluding hydrogens is 401 g/mol. The van der Waals surface area contributed by atoms with Gasteiger partial charge < -0.3 is 5.32 Å². The largest absolute Gasteiger partial charge is 0.302 e. The van der Waals surface area contributed by atoms with Crippen molar-refractivity contribution in [3.8, 4) is 5.69 Å². The van der Waals surface area contributed by atoms with Crippen molar-refractivity contribution in [2.75, 3.05) is 11.6 Å². The smallest absolute Gasteiger partial charge is 0.251 e. The molecule has 0 spiro atoms. The first-order valence-corrected chi connectivity index (χ1v) is 8.45. The number of amides is 1. The Morgan fingerprint density at radius 2 is 1.92 bits per heavy atom. The standard InChI is InChI=1S/C16H12Cl3N5O2/c1-8(2)16(26)21-15-14(25)7-23(22-15)9-5-20-24(6-9)13-4-11(18)10(17)3-12(13)19/h3-6H,1,7H2,2H3,(H,21,22,26). The van der Waals surface area contributed by atoms with Crippen LogP contribution in [-0.2, 0) is 9.59 Å². The Morgan fingerprint density at radius 1 is 1.23 bits per heavy atom. The van der Waals surface area contributed by atoms with Gasteiger partial charge in [0.25, 0.3) is 5.91 Å². The van der Waals surface area contributed by atoms with Gasteiger partial charge in [-0.2, -0.15) is 5.10 Å². The van der Waals surface area contributed by atoms with Gasteiger partial charge in [-0.05, 0) is 19.1 Å². The highest BCUT2D eigenvalue weighted by molar-refractivity contribution is 6.45. The predicted octanol–water partition coefficient (Wildman–Crippen LogP) is 3.23. The number of benzene rings is 1. The Bertz CT molecular complexity index is 967. The van der Waals surface area contributed by atoms with E-state index in [1.165, 1.54) is 28.9 Å². The van der Waals surface area contributed by atoms with Crippen molar-refractivity contribution >= 4 is 58.0 Å². The number of nitrogens with zero attached hydrogens (tertiary/aromatic N) is 4. The molecule has 0 saturated carbocycles. The summed E-state index contributed by atoms with van der Waals surface area (Å²) in [6.45, 7) is 5.04. The van der Waals surface area contributed by atoms with Gasteiger partial charge in [-0.3, -0.25) is 14.6 Å². The van der Waals surface area contributed by atoms with Crippen molar-refractivity contribution in [2.24, 2.45) is 5.10 Å². The molecule has 134 valence electrons. The van der Waals surface area contributed by atoms with E-state index in [2.05, 4.69) is 22.1 Å². The zero-order valence-corrected chi connectivity index (χ0v) is 15.7. The molecule has 1 aliphatic heterocycles. The van der Waals surface area contributed by atoms with E-state index in [1.807, 2.05) is 0 Å². The zero-order valence-electron chi connectivity index (χ0n) is 13.5. The minimum atomic E-state index is -0.461. The second kappa shape index (κ2) is 7.11. The van der Waals surface area contributed by atoms with Gasteiger partial charge >= 0.3 is 0 Å². The molecule has 1 aromatic carbocycles. The van der Waals surface area contributed by atoms with Crippen LogP contribution in [0.15, 0.2) is 41.8 Å². The quantitative estimate of drug-likeness (QED) is 0.620. The Morgan fingerprint density at radius 3 is 2.62 bits per heavy atom. The molecule has 0 atom stereocenters. The molecule has 1 N–H and O–H groups in total. The van der Waals surface area contributed by atoms with E-state index >= 15 is 0 Å². The van der Waals surface area contributed by atoms with Crippen molar-refractivity contribution < 1.29 is 9.59 Å². The lowest BCUT2D eigenvalue weighted by Gasteiger charge is -2.09. The summed E-state index contributed by atoms with van der Waals surface area (Å²) < 4.78 is 1.49. The summed E-state index contributed by atoms with van der Waals surface area (Å²) in [6, 6.07) is 3.10. The van der Waals surface area contributed by atoms with Crippen LogP contribution in [0.2, 0.25) is 15.1 Å². The Hall–Kier alpha value is -2.35. The molecule has 26 heavy (non-hydrogen) atoms. The van der Waals surface area contributed by atoms with Crippen molar-refractivity contribution in [2.45, 2.75) is 6.92 Å². The van der Waals surface area contributed by atoms with Crippen LogP contribution < -0.4 is 10.3 Å². The van der Waals surface area contributed by atoms with Gasteiger partial charge in [-0.15, -0.1) is 5.10 Å².